The molecule has 1 amide bonds. The number of nitrogens with one attached hydrogen (secondary N) is 1. The summed E-state index contributed by atoms with van der Waals surface area (Å²) in [4.78, 5) is 12.5. The predicted molar refractivity (Wildman–Crippen MR) is 79.8 cm³/mol. The van der Waals surface area contributed by atoms with E-state index in [0.717, 1.165) is 37.7 Å². The van der Waals surface area contributed by atoms with Crippen molar-refractivity contribution in [2.75, 3.05) is 13.2 Å². The minimum absolute atomic E-state index is 0.0189. The number of fused-ring (bicyclic) bond motifs is 1. The van der Waals surface area contributed by atoms with Crippen LogP contribution in [0.25, 0.3) is 0 Å². The van der Waals surface area contributed by atoms with Crippen LogP contribution >= 0.6 is 0 Å². The normalized spacial score (nSPS) is 28.7. The zero-order valence-electron chi connectivity index (χ0n) is 12.3. The summed E-state index contributed by atoms with van der Waals surface area (Å²) in [5.41, 5.74) is 2.22. The molecule has 114 valence electrons. The molecule has 1 aromatic carbocycles. The lowest BCUT2D eigenvalue weighted by Crippen LogP contribution is -2.42. The van der Waals surface area contributed by atoms with Gasteiger partial charge in [-0.2, -0.15) is 0 Å². The van der Waals surface area contributed by atoms with Crippen LogP contribution in [0.3, 0.4) is 0 Å². The first-order chi connectivity index (χ1) is 10.3. The minimum Gasteiger partial charge on any atom is -0.396 e. The first-order valence-corrected chi connectivity index (χ1v) is 7.88. The third kappa shape index (κ3) is 3.27. The third-order valence-electron chi connectivity index (χ3n) is 4.68. The van der Waals surface area contributed by atoms with Gasteiger partial charge >= 0.3 is 0 Å². The maximum absolute atomic E-state index is 12.5. The van der Waals surface area contributed by atoms with Crippen LogP contribution in [-0.2, 0) is 16.0 Å². The van der Waals surface area contributed by atoms with Gasteiger partial charge in [-0.05, 0) is 49.1 Å². The lowest BCUT2D eigenvalue weighted by atomic mass is 9.86. The molecule has 0 spiro atoms. The summed E-state index contributed by atoms with van der Waals surface area (Å²) in [6.45, 7) is 0.867. The standard InChI is InChI=1S/C17H23NO3/c19-11-12-5-7-14(8-6-12)18-17(20)16-15-4-2-1-3-13(15)9-10-21-16/h1-4,12,14,16,19H,5-11H2,(H,18,20). The van der Waals surface area contributed by atoms with Crippen LogP contribution in [0.15, 0.2) is 24.3 Å². The average Bonchev–Trinajstić information content (AvgIpc) is 2.55. The van der Waals surface area contributed by atoms with Gasteiger partial charge in [-0.15, -0.1) is 0 Å². The molecule has 1 aromatic rings. The summed E-state index contributed by atoms with van der Waals surface area (Å²) in [5.74, 6) is 0.388. The molecule has 2 aliphatic rings. The first kappa shape index (κ1) is 14.5. The summed E-state index contributed by atoms with van der Waals surface area (Å²) >= 11 is 0. The molecule has 3 rings (SSSR count). The van der Waals surface area contributed by atoms with Crippen molar-refractivity contribution < 1.29 is 14.6 Å². The van der Waals surface area contributed by atoms with Crippen molar-refractivity contribution in [3.05, 3.63) is 35.4 Å². The fourth-order valence-corrected chi connectivity index (χ4v) is 3.38. The summed E-state index contributed by atoms with van der Waals surface area (Å²) < 4.78 is 5.70. The lowest BCUT2D eigenvalue weighted by molar-refractivity contribution is -0.135. The number of carbonyl (C=O) groups excluding carboxylic acids is 1. The zero-order chi connectivity index (χ0) is 14.7. The predicted octanol–water partition coefficient (Wildman–Crippen LogP) is 1.97. The number of benzene rings is 1. The number of ether oxygens (including phenoxy) is 1. The van der Waals surface area contributed by atoms with Crippen LogP contribution in [-0.4, -0.2) is 30.3 Å². The van der Waals surface area contributed by atoms with E-state index in [9.17, 15) is 4.79 Å². The SMILES string of the molecule is O=C(NC1CCC(CO)CC1)C1OCCc2ccccc21. The highest BCUT2D eigenvalue weighted by Crippen LogP contribution is 2.28. The van der Waals surface area contributed by atoms with Gasteiger partial charge in [0.15, 0.2) is 6.10 Å². The quantitative estimate of drug-likeness (QED) is 0.894. The summed E-state index contributed by atoms with van der Waals surface area (Å²) in [6, 6.07) is 8.25. The van der Waals surface area contributed by atoms with Crippen molar-refractivity contribution in [2.45, 2.75) is 44.2 Å². The second-order valence-corrected chi connectivity index (χ2v) is 6.11. The van der Waals surface area contributed by atoms with Crippen molar-refractivity contribution in [3.8, 4) is 0 Å². The Morgan fingerprint density at radius 2 is 2.00 bits per heavy atom. The number of aliphatic hydroxyl groups is 1. The van der Waals surface area contributed by atoms with Crippen LogP contribution in [0.2, 0.25) is 0 Å². The Kier molecular flexibility index (Phi) is 4.56. The fraction of sp³-hybridized carbons (Fsp3) is 0.588. The van der Waals surface area contributed by atoms with Crippen molar-refractivity contribution in [3.63, 3.8) is 0 Å². The molecule has 1 aliphatic carbocycles. The Morgan fingerprint density at radius 1 is 1.24 bits per heavy atom. The van der Waals surface area contributed by atoms with Gasteiger partial charge in [0.1, 0.15) is 0 Å². The van der Waals surface area contributed by atoms with Gasteiger partial charge in [0.25, 0.3) is 5.91 Å². The van der Waals surface area contributed by atoms with Crippen LogP contribution in [0.1, 0.15) is 42.9 Å². The van der Waals surface area contributed by atoms with Gasteiger partial charge in [0.2, 0.25) is 0 Å². The average molecular weight is 289 g/mol. The van der Waals surface area contributed by atoms with Gasteiger partial charge < -0.3 is 15.2 Å². The number of hydrogen-bond donors (Lipinski definition) is 2. The van der Waals surface area contributed by atoms with Gasteiger partial charge in [0.05, 0.1) is 6.61 Å². The van der Waals surface area contributed by atoms with Crippen molar-refractivity contribution in [2.24, 2.45) is 5.92 Å². The Morgan fingerprint density at radius 3 is 2.76 bits per heavy atom. The molecule has 0 radical (unpaired) electrons. The minimum atomic E-state index is -0.467. The summed E-state index contributed by atoms with van der Waals surface area (Å²) in [7, 11) is 0. The highest BCUT2D eigenvalue weighted by molar-refractivity contribution is 5.83. The van der Waals surface area contributed by atoms with E-state index >= 15 is 0 Å². The molecule has 1 atom stereocenters. The Bertz CT molecular complexity index is 495. The maximum atomic E-state index is 12.5. The fourth-order valence-electron chi connectivity index (χ4n) is 3.38. The highest BCUT2D eigenvalue weighted by Gasteiger charge is 2.29. The monoisotopic (exact) mass is 289 g/mol. The number of hydrogen-bond acceptors (Lipinski definition) is 3. The molecule has 0 bridgehead atoms. The number of amides is 1. The van der Waals surface area contributed by atoms with Gasteiger partial charge in [-0.1, -0.05) is 24.3 Å². The first-order valence-electron chi connectivity index (χ1n) is 7.88. The largest absolute Gasteiger partial charge is 0.396 e. The second-order valence-electron chi connectivity index (χ2n) is 6.11. The molecule has 0 saturated heterocycles. The maximum Gasteiger partial charge on any atom is 0.253 e. The molecule has 2 N–H and O–H groups in total. The van der Waals surface area contributed by atoms with Gasteiger partial charge in [-0.25, -0.2) is 0 Å². The van der Waals surface area contributed by atoms with Crippen LogP contribution < -0.4 is 5.32 Å². The molecule has 4 nitrogen and oxygen atoms in total. The van der Waals surface area contributed by atoms with E-state index in [-0.39, 0.29) is 18.6 Å². The molecule has 1 aliphatic heterocycles. The number of rotatable bonds is 3. The molecular weight excluding hydrogens is 266 g/mol. The van der Waals surface area contributed by atoms with Crippen molar-refractivity contribution in [1.29, 1.82) is 0 Å². The van der Waals surface area contributed by atoms with E-state index < -0.39 is 6.10 Å². The van der Waals surface area contributed by atoms with Gasteiger partial charge in [0, 0.05) is 12.6 Å². The van der Waals surface area contributed by atoms with E-state index in [1.165, 1.54) is 5.56 Å². The Balaban J connectivity index is 1.62. The van der Waals surface area contributed by atoms with E-state index in [1.807, 2.05) is 18.2 Å². The van der Waals surface area contributed by atoms with E-state index in [1.54, 1.807) is 0 Å². The lowest BCUT2D eigenvalue weighted by Gasteiger charge is -2.31. The molecule has 1 unspecified atom stereocenters. The molecular formula is C17H23NO3. The Labute approximate surface area is 125 Å². The van der Waals surface area contributed by atoms with Crippen molar-refractivity contribution >= 4 is 5.91 Å². The topological polar surface area (TPSA) is 58.6 Å². The zero-order valence-corrected chi connectivity index (χ0v) is 12.3. The smallest absolute Gasteiger partial charge is 0.253 e. The molecule has 21 heavy (non-hydrogen) atoms. The molecule has 0 aromatic heterocycles. The van der Waals surface area contributed by atoms with E-state index in [2.05, 4.69) is 11.4 Å². The summed E-state index contributed by atoms with van der Waals surface area (Å²) in [6.07, 6.45) is 4.29. The third-order valence-corrected chi connectivity index (χ3v) is 4.68. The van der Waals surface area contributed by atoms with Gasteiger partial charge in [-0.3, -0.25) is 4.79 Å². The second kappa shape index (κ2) is 6.58. The van der Waals surface area contributed by atoms with Crippen LogP contribution in [0, 0.1) is 5.92 Å². The molecule has 4 heteroatoms. The van der Waals surface area contributed by atoms with E-state index in [0.29, 0.717) is 12.5 Å². The van der Waals surface area contributed by atoms with E-state index in [4.69, 9.17) is 9.84 Å². The molecule has 1 heterocycles. The Hall–Kier alpha value is -1.39. The number of aliphatic hydroxyl groups excluding tert-OH is 1. The van der Waals surface area contributed by atoms with Crippen LogP contribution in [0.4, 0.5) is 0 Å². The molecule has 1 fully saturated rings. The highest BCUT2D eigenvalue weighted by atomic mass is 16.5. The van der Waals surface area contributed by atoms with Crippen molar-refractivity contribution in [1.82, 2.24) is 5.32 Å². The summed E-state index contributed by atoms with van der Waals surface area (Å²) in [5, 5.41) is 12.3. The van der Waals surface area contributed by atoms with Crippen LogP contribution in [0.5, 0.6) is 0 Å². The number of carbonyl (C=O) groups is 1. The molecule has 1 saturated carbocycles.